The number of carbonyl (C=O) groups is 2. The lowest BCUT2D eigenvalue weighted by molar-refractivity contribution is 0.0534. The van der Waals surface area contributed by atoms with Gasteiger partial charge >= 0.3 is 0 Å². The number of anilines is 1. The van der Waals surface area contributed by atoms with Crippen LogP contribution in [0.4, 0.5) is 5.00 Å². The number of benzene rings is 1. The number of thiophene rings is 1. The molecular formula is C19H22ClN3O2S. The smallest absolute Gasteiger partial charge is 0.257 e. The Bertz CT molecular complexity index is 834. The van der Waals surface area contributed by atoms with Crippen LogP contribution in [0.15, 0.2) is 35.7 Å². The minimum atomic E-state index is -0.326. The van der Waals surface area contributed by atoms with E-state index in [0.717, 1.165) is 6.42 Å². The highest BCUT2D eigenvalue weighted by Crippen LogP contribution is 2.31. The molecule has 0 aliphatic carbocycles. The normalized spacial score (nSPS) is 19.2. The molecule has 3 N–H and O–H groups in total. The van der Waals surface area contributed by atoms with Crippen molar-refractivity contribution in [3.8, 4) is 0 Å². The quantitative estimate of drug-likeness (QED) is 0.834. The van der Waals surface area contributed by atoms with Gasteiger partial charge in [-0.05, 0) is 35.4 Å². The highest BCUT2D eigenvalue weighted by Gasteiger charge is 2.36. The third-order valence-corrected chi connectivity index (χ3v) is 6.00. The molecular weight excluding hydrogens is 370 g/mol. The number of amides is 2. The molecule has 2 amide bonds. The van der Waals surface area contributed by atoms with E-state index < -0.39 is 0 Å². The molecule has 1 saturated heterocycles. The van der Waals surface area contributed by atoms with E-state index in [1.807, 2.05) is 4.90 Å². The van der Waals surface area contributed by atoms with Gasteiger partial charge in [0, 0.05) is 19.1 Å². The van der Waals surface area contributed by atoms with Crippen LogP contribution >= 0.6 is 22.9 Å². The number of hydrogen-bond acceptors (Lipinski definition) is 4. The number of hydrogen-bond donors (Lipinski definition) is 2. The van der Waals surface area contributed by atoms with Gasteiger partial charge in [0.2, 0.25) is 0 Å². The number of nitrogens with zero attached hydrogens (tertiary/aromatic N) is 1. The molecule has 1 aromatic carbocycles. The molecule has 1 aliphatic rings. The van der Waals surface area contributed by atoms with Gasteiger partial charge in [0.25, 0.3) is 11.8 Å². The number of nitrogens with one attached hydrogen (secondary N) is 1. The predicted octanol–water partition coefficient (Wildman–Crippen LogP) is 3.85. The van der Waals surface area contributed by atoms with E-state index in [0.29, 0.717) is 34.2 Å². The third kappa shape index (κ3) is 3.77. The molecule has 1 aromatic heterocycles. The van der Waals surface area contributed by atoms with Crippen LogP contribution in [-0.4, -0.2) is 35.8 Å². The van der Waals surface area contributed by atoms with E-state index >= 15 is 0 Å². The minimum Gasteiger partial charge on any atom is -0.338 e. The van der Waals surface area contributed by atoms with Gasteiger partial charge in [-0.3, -0.25) is 9.59 Å². The second-order valence-electron chi connectivity index (χ2n) is 7.21. The number of likely N-dealkylation sites (tertiary alicyclic amines) is 1. The molecule has 0 saturated carbocycles. The van der Waals surface area contributed by atoms with Crippen molar-refractivity contribution in [2.24, 2.45) is 11.1 Å². The summed E-state index contributed by atoms with van der Waals surface area (Å²) in [6, 6.07) is 8.66. The Morgan fingerprint density at radius 1 is 1.27 bits per heavy atom. The lowest BCUT2D eigenvalue weighted by Crippen LogP contribution is -2.54. The van der Waals surface area contributed by atoms with Crippen molar-refractivity contribution in [3.63, 3.8) is 0 Å². The zero-order valence-corrected chi connectivity index (χ0v) is 16.4. The Morgan fingerprint density at radius 2 is 2.00 bits per heavy atom. The largest absolute Gasteiger partial charge is 0.338 e. The Balaban J connectivity index is 1.77. The van der Waals surface area contributed by atoms with Gasteiger partial charge in [-0.2, -0.15) is 0 Å². The van der Waals surface area contributed by atoms with Crippen molar-refractivity contribution in [1.82, 2.24) is 4.90 Å². The zero-order valence-electron chi connectivity index (χ0n) is 14.8. The third-order valence-electron chi connectivity index (χ3n) is 4.84. The zero-order chi connectivity index (χ0) is 18.9. The molecule has 0 spiro atoms. The molecule has 2 heterocycles. The Labute approximate surface area is 162 Å². The molecule has 1 fully saturated rings. The number of rotatable bonds is 3. The summed E-state index contributed by atoms with van der Waals surface area (Å²) in [6.07, 6.45) is 0.768. The first kappa shape index (κ1) is 18.9. The summed E-state index contributed by atoms with van der Waals surface area (Å²) in [5.41, 5.74) is 6.91. The first-order valence-corrected chi connectivity index (χ1v) is 9.73. The number of halogens is 1. The van der Waals surface area contributed by atoms with Gasteiger partial charge in [0.1, 0.15) is 5.00 Å². The van der Waals surface area contributed by atoms with Crippen LogP contribution in [0, 0.1) is 5.41 Å². The molecule has 26 heavy (non-hydrogen) atoms. The van der Waals surface area contributed by atoms with Gasteiger partial charge in [0.15, 0.2) is 0 Å². The average molecular weight is 392 g/mol. The summed E-state index contributed by atoms with van der Waals surface area (Å²) < 4.78 is 0. The van der Waals surface area contributed by atoms with E-state index in [1.54, 1.807) is 35.7 Å². The predicted molar refractivity (Wildman–Crippen MR) is 106 cm³/mol. The lowest BCUT2D eigenvalue weighted by atomic mass is 9.79. The van der Waals surface area contributed by atoms with Crippen LogP contribution in [-0.2, 0) is 0 Å². The van der Waals surface area contributed by atoms with Crippen LogP contribution in [0.5, 0.6) is 0 Å². The molecule has 0 radical (unpaired) electrons. The summed E-state index contributed by atoms with van der Waals surface area (Å²) in [5.74, 6) is -0.409. The molecule has 138 valence electrons. The average Bonchev–Trinajstić information content (AvgIpc) is 3.05. The minimum absolute atomic E-state index is 0.0772. The Hall–Kier alpha value is -1.89. The fourth-order valence-electron chi connectivity index (χ4n) is 3.11. The molecule has 1 unspecified atom stereocenters. The standard InChI is InChI=1S/C19H22ClN3O2S/c1-19(2)11-23(9-7-15(19)21)18(25)13-8-10-26-17(13)22-16(24)12-5-3-4-6-14(12)20/h3-6,8,10,15H,7,9,11,21H2,1-2H3,(H,22,24). The highest BCUT2D eigenvalue weighted by molar-refractivity contribution is 7.14. The van der Waals surface area contributed by atoms with Gasteiger partial charge in [0.05, 0.1) is 16.1 Å². The van der Waals surface area contributed by atoms with E-state index in [4.69, 9.17) is 17.3 Å². The van der Waals surface area contributed by atoms with E-state index in [9.17, 15) is 9.59 Å². The second-order valence-corrected chi connectivity index (χ2v) is 8.53. The summed E-state index contributed by atoms with van der Waals surface area (Å²) in [4.78, 5) is 27.3. The maximum atomic E-state index is 13.0. The molecule has 7 heteroatoms. The first-order chi connectivity index (χ1) is 12.3. The molecule has 1 aliphatic heterocycles. The van der Waals surface area contributed by atoms with Crippen LogP contribution in [0.1, 0.15) is 41.0 Å². The fraction of sp³-hybridized carbons (Fsp3) is 0.368. The Kier molecular flexibility index (Phi) is 5.37. The molecule has 3 rings (SSSR count). The SMILES string of the molecule is CC1(C)CN(C(=O)c2ccsc2NC(=O)c2ccccc2Cl)CCC1N. The van der Waals surface area contributed by atoms with Crippen molar-refractivity contribution in [2.75, 3.05) is 18.4 Å². The molecule has 5 nitrogen and oxygen atoms in total. The molecule has 2 aromatic rings. The lowest BCUT2D eigenvalue weighted by Gasteiger charge is -2.42. The van der Waals surface area contributed by atoms with Crippen LogP contribution in [0.25, 0.3) is 0 Å². The van der Waals surface area contributed by atoms with E-state index in [-0.39, 0.29) is 23.3 Å². The summed E-state index contributed by atoms with van der Waals surface area (Å²) >= 11 is 7.41. The van der Waals surface area contributed by atoms with E-state index in [2.05, 4.69) is 19.2 Å². The van der Waals surface area contributed by atoms with Crippen molar-refractivity contribution >= 4 is 39.8 Å². The molecule has 1 atom stereocenters. The maximum absolute atomic E-state index is 13.0. The first-order valence-electron chi connectivity index (χ1n) is 8.48. The number of nitrogens with two attached hydrogens (primary N) is 1. The summed E-state index contributed by atoms with van der Waals surface area (Å²) in [7, 11) is 0. The number of carbonyl (C=O) groups excluding carboxylic acids is 2. The number of piperidine rings is 1. The van der Waals surface area contributed by atoms with Crippen molar-refractivity contribution < 1.29 is 9.59 Å². The monoisotopic (exact) mass is 391 g/mol. The van der Waals surface area contributed by atoms with Gasteiger partial charge in [-0.25, -0.2) is 0 Å². The van der Waals surface area contributed by atoms with Gasteiger partial charge < -0.3 is 16.0 Å². The molecule has 0 bridgehead atoms. The van der Waals surface area contributed by atoms with Gasteiger partial charge in [-0.15, -0.1) is 11.3 Å². The summed E-state index contributed by atoms with van der Waals surface area (Å²) in [6.45, 7) is 5.37. The van der Waals surface area contributed by atoms with Crippen LogP contribution in [0.3, 0.4) is 0 Å². The Morgan fingerprint density at radius 3 is 2.69 bits per heavy atom. The van der Waals surface area contributed by atoms with Crippen molar-refractivity contribution in [3.05, 3.63) is 51.9 Å². The topological polar surface area (TPSA) is 75.4 Å². The summed E-state index contributed by atoms with van der Waals surface area (Å²) in [5, 5.41) is 5.53. The van der Waals surface area contributed by atoms with Crippen LogP contribution < -0.4 is 11.1 Å². The van der Waals surface area contributed by atoms with Gasteiger partial charge in [-0.1, -0.05) is 37.6 Å². The van der Waals surface area contributed by atoms with Crippen molar-refractivity contribution in [1.29, 1.82) is 0 Å². The highest BCUT2D eigenvalue weighted by atomic mass is 35.5. The fourth-order valence-corrected chi connectivity index (χ4v) is 4.10. The van der Waals surface area contributed by atoms with Crippen LogP contribution in [0.2, 0.25) is 5.02 Å². The van der Waals surface area contributed by atoms with E-state index in [1.165, 1.54) is 11.3 Å². The van der Waals surface area contributed by atoms with Crippen molar-refractivity contribution in [2.45, 2.75) is 26.3 Å². The maximum Gasteiger partial charge on any atom is 0.257 e. The second kappa shape index (κ2) is 7.39.